The number of hydrogen-bond donors (Lipinski definition) is 0. The third-order valence-corrected chi connectivity index (χ3v) is 6.83. The molecule has 4 rings (SSSR count). The van der Waals surface area contributed by atoms with Crippen LogP contribution in [0.2, 0.25) is 0 Å². The predicted octanol–water partition coefficient (Wildman–Crippen LogP) is 2.89. The molecule has 0 aliphatic carbocycles. The Labute approximate surface area is 173 Å². The van der Waals surface area contributed by atoms with Crippen LogP contribution in [0.25, 0.3) is 11.0 Å². The Bertz CT molecular complexity index is 1110. The number of anilines is 2. The fraction of sp³-hybridized carbons (Fsp3) is 0.381. The summed E-state index contributed by atoms with van der Waals surface area (Å²) in [4.78, 5) is 11.0. The molecule has 1 aliphatic rings. The van der Waals surface area contributed by atoms with Gasteiger partial charge in [0.05, 0.1) is 24.1 Å². The van der Waals surface area contributed by atoms with E-state index in [1.807, 2.05) is 35.2 Å². The molecule has 1 saturated heterocycles. The highest BCUT2D eigenvalue weighted by Crippen LogP contribution is 2.34. The van der Waals surface area contributed by atoms with Gasteiger partial charge in [0.2, 0.25) is 0 Å². The van der Waals surface area contributed by atoms with Gasteiger partial charge in [0.1, 0.15) is 28.1 Å². The van der Waals surface area contributed by atoms with Crippen LogP contribution in [0, 0.1) is 11.3 Å². The smallest absolute Gasteiger partial charge is 0.134 e. The summed E-state index contributed by atoms with van der Waals surface area (Å²) in [5.74, 6) is 1.32. The van der Waals surface area contributed by atoms with Gasteiger partial charge >= 0.3 is 0 Å². The van der Waals surface area contributed by atoms with Crippen molar-refractivity contribution in [2.75, 3.05) is 30.8 Å². The van der Waals surface area contributed by atoms with E-state index in [2.05, 4.69) is 46.1 Å². The monoisotopic (exact) mass is 408 g/mol. The number of aromatic nitrogens is 3. The first-order chi connectivity index (χ1) is 14.0. The largest absolute Gasteiger partial charge is 0.334 e. The zero-order chi connectivity index (χ0) is 20.5. The fourth-order valence-electron chi connectivity index (χ4n) is 3.76. The lowest BCUT2D eigenvalue weighted by molar-refractivity contribution is 0.279. The summed E-state index contributed by atoms with van der Waals surface area (Å²) in [6, 6.07) is 10.6. The lowest BCUT2D eigenvalue weighted by atomic mass is 9.91. The third-order valence-electron chi connectivity index (χ3n) is 5.58. The van der Waals surface area contributed by atoms with Crippen molar-refractivity contribution in [3.63, 3.8) is 0 Å². The van der Waals surface area contributed by atoms with Gasteiger partial charge in [-0.05, 0) is 23.6 Å². The van der Waals surface area contributed by atoms with E-state index in [9.17, 15) is 4.21 Å². The van der Waals surface area contributed by atoms with E-state index in [-0.39, 0.29) is 5.75 Å². The molecule has 3 heterocycles. The highest BCUT2D eigenvalue weighted by Gasteiger charge is 2.32. The Morgan fingerprint density at radius 2 is 2.10 bits per heavy atom. The van der Waals surface area contributed by atoms with Crippen molar-refractivity contribution < 1.29 is 4.21 Å². The van der Waals surface area contributed by atoms with E-state index in [0.29, 0.717) is 5.92 Å². The average Bonchev–Trinajstić information content (AvgIpc) is 3.06. The standard InChI is InChI=1S/C21H24N6OS/c1-4-15-9-16(17-12-27(13-17)29(28)8-7-22)5-6-19(15)26(3)21-10-20-18(11-23-21)24-14-25(20)2/h5-6,9-11,14,17H,4,8,12-13H2,1-3H3. The summed E-state index contributed by atoms with van der Waals surface area (Å²) in [6.07, 6.45) is 4.53. The minimum atomic E-state index is -1.18. The van der Waals surface area contributed by atoms with Crippen LogP contribution in [0.5, 0.6) is 0 Å². The molecule has 1 aromatic carbocycles. The minimum Gasteiger partial charge on any atom is -0.334 e. The number of aryl methyl sites for hydroxylation is 2. The van der Waals surface area contributed by atoms with E-state index in [1.165, 1.54) is 11.1 Å². The van der Waals surface area contributed by atoms with Gasteiger partial charge in [-0.15, -0.1) is 0 Å². The average molecular weight is 409 g/mol. The number of hydrogen-bond acceptors (Lipinski definition) is 5. The number of nitrogens with zero attached hydrogens (tertiary/aromatic N) is 6. The molecular weight excluding hydrogens is 384 g/mol. The highest BCUT2D eigenvalue weighted by molar-refractivity contribution is 7.82. The van der Waals surface area contributed by atoms with Gasteiger partial charge < -0.3 is 9.47 Å². The molecule has 0 amide bonds. The summed E-state index contributed by atoms with van der Waals surface area (Å²) in [5, 5.41) is 8.71. The van der Waals surface area contributed by atoms with Crippen LogP contribution in [-0.2, 0) is 24.5 Å². The molecule has 0 bridgehead atoms. The number of pyridine rings is 1. The molecule has 1 aliphatic heterocycles. The van der Waals surface area contributed by atoms with Gasteiger partial charge in [-0.2, -0.15) is 5.26 Å². The highest BCUT2D eigenvalue weighted by atomic mass is 32.2. The Balaban J connectivity index is 1.56. The third kappa shape index (κ3) is 3.63. The van der Waals surface area contributed by atoms with E-state index < -0.39 is 11.0 Å². The number of benzene rings is 1. The molecule has 0 saturated carbocycles. The van der Waals surface area contributed by atoms with Crippen molar-refractivity contribution >= 4 is 33.5 Å². The number of imidazole rings is 1. The normalized spacial score (nSPS) is 15.8. The molecule has 0 N–H and O–H groups in total. The predicted molar refractivity (Wildman–Crippen MR) is 115 cm³/mol. The molecule has 3 aromatic rings. The van der Waals surface area contributed by atoms with E-state index >= 15 is 0 Å². The summed E-state index contributed by atoms with van der Waals surface area (Å²) in [6.45, 7) is 3.64. The zero-order valence-corrected chi connectivity index (χ0v) is 17.7. The second-order valence-electron chi connectivity index (χ2n) is 7.36. The number of nitriles is 1. The first-order valence-corrected chi connectivity index (χ1v) is 10.9. The number of fused-ring (bicyclic) bond motifs is 1. The molecule has 0 spiro atoms. The quantitative estimate of drug-likeness (QED) is 0.627. The van der Waals surface area contributed by atoms with Crippen LogP contribution in [-0.4, -0.2) is 48.9 Å². The van der Waals surface area contributed by atoms with Crippen LogP contribution >= 0.6 is 0 Å². The van der Waals surface area contributed by atoms with Crippen molar-refractivity contribution in [3.8, 4) is 6.07 Å². The minimum absolute atomic E-state index is 0.0741. The molecule has 2 aromatic heterocycles. The maximum atomic E-state index is 11.9. The topological polar surface area (TPSA) is 78.1 Å². The van der Waals surface area contributed by atoms with E-state index in [4.69, 9.17) is 5.26 Å². The second-order valence-corrected chi connectivity index (χ2v) is 8.80. The lowest BCUT2D eigenvalue weighted by Gasteiger charge is -2.38. The SMILES string of the molecule is CCc1cc(C2CN(S(=O)CC#N)C2)ccc1N(C)c1cc2c(cn1)ncn2C. The second kappa shape index (κ2) is 7.93. The maximum Gasteiger partial charge on any atom is 0.134 e. The van der Waals surface area contributed by atoms with Crippen molar-refractivity contribution in [3.05, 3.63) is 47.9 Å². The maximum absolute atomic E-state index is 11.9. The summed E-state index contributed by atoms with van der Waals surface area (Å²) in [7, 11) is 2.84. The van der Waals surface area contributed by atoms with Gasteiger partial charge in [-0.1, -0.05) is 19.1 Å². The van der Waals surface area contributed by atoms with Gasteiger partial charge in [0.15, 0.2) is 0 Å². The van der Waals surface area contributed by atoms with Crippen LogP contribution in [0.15, 0.2) is 36.8 Å². The Kier molecular flexibility index (Phi) is 5.35. The molecule has 0 radical (unpaired) electrons. The van der Waals surface area contributed by atoms with Crippen molar-refractivity contribution in [2.24, 2.45) is 7.05 Å². The molecule has 1 unspecified atom stereocenters. The first-order valence-electron chi connectivity index (χ1n) is 9.65. The first kappa shape index (κ1) is 19.6. The molecule has 1 fully saturated rings. The van der Waals surface area contributed by atoms with E-state index in [1.54, 1.807) is 6.33 Å². The Morgan fingerprint density at radius 1 is 1.31 bits per heavy atom. The Morgan fingerprint density at radius 3 is 2.83 bits per heavy atom. The van der Waals surface area contributed by atoms with Gasteiger partial charge in [-0.25, -0.2) is 18.5 Å². The van der Waals surface area contributed by atoms with Crippen LogP contribution in [0.3, 0.4) is 0 Å². The summed E-state index contributed by atoms with van der Waals surface area (Å²) >= 11 is 0. The summed E-state index contributed by atoms with van der Waals surface area (Å²) < 4.78 is 15.8. The van der Waals surface area contributed by atoms with Crippen LogP contribution < -0.4 is 4.90 Å². The van der Waals surface area contributed by atoms with Gasteiger partial charge in [0.25, 0.3) is 0 Å². The molecule has 1 atom stereocenters. The van der Waals surface area contributed by atoms with Crippen molar-refractivity contribution in [1.29, 1.82) is 5.26 Å². The van der Waals surface area contributed by atoms with Crippen molar-refractivity contribution in [2.45, 2.75) is 19.3 Å². The zero-order valence-electron chi connectivity index (χ0n) is 16.9. The number of rotatable bonds is 6. The molecule has 7 nitrogen and oxygen atoms in total. The lowest BCUT2D eigenvalue weighted by Crippen LogP contribution is -2.46. The molecular formula is C21H24N6OS. The summed E-state index contributed by atoms with van der Waals surface area (Å²) in [5.41, 5.74) is 5.60. The Hall–Kier alpha value is -2.76. The van der Waals surface area contributed by atoms with Gasteiger partial charge in [0, 0.05) is 44.9 Å². The van der Waals surface area contributed by atoms with E-state index in [0.717, 1.165) is 42.0 Å². The van der Waals surface area contributed by atoms with Crippen molar-refractivity contribution in [1.82, 2.24) is 18.8 Å². The molecule has 150 valence electrons. The fourth-order valence-corrected chi connectivity index (χ4v) is 4.74. The van der Waals surface area contributed by atoms with Crippen LogP contribution in [0.4, 0.5) is 11.5 Å². The molecule has 29 heavy (non-hydrogen) atoms. The van der Waals surface area contributed by atoms with Crippen LogP contribution in [0.1, 0.15) is 24.0 Å². The van der Waals surface area contributed by atoms with Gasteiger partial charge in [-0.3, -0.25) is 0 Å². The molecule has 8 heteroatoms.